The average molecular weight is 380 g/mol. The molecule has 0 saturated carbocycles. The number of carbonyl (C=O) groups excluding carboxylic acids is 1. The molecule has 25 heavy (non-hydrogen) atoms. The second kappa shape index (κ2) is 10.6. The lowest BCUT2D eigenvalue weighted by molar-refractivity contribution is -0.117. The van der Waals surface area contributed by atoms with Crippen molar-refractivity contribution in [1.82, 2.24) is 10.2 Å². The summed E-state index contributed by atoms with van der Waals surface area (Å²) in [5, 5.41) is 5.63. The number of anilines is 1. The van der Waals surface area contributed by atoms with E-state index in [0.29, 0.717) is 5.92 Å². The Hall–Kier alpha value is -1.31. The summed E-state index contributed by atoms with van der Waals surface area (Å²) in [7, 11) is 0. The lowest BCUT2D eigenvalue weighted by Gasteiger charge is -2.29. The van der Waals surface area contributed by atoms with E-state index in [1.807, 2.05) is 11.8 Å². The molecule has 0 aromatic heterocycles. The first-order valence-corrected chi connectivity index (χ1v) is 8.37. The first kappa shape index (κ1) is 21.7. The maximum Gasteiger partial charge on any atom is 0.238 e. The molecular formula is C17H25ClF3N3O. The first-order chi connectivity index (χ1) is 11.5. The van der Waals surface area contributed by atoms with Gasteiger partial charge in [0, 0.05) is 6.54 Å². The fraction of sp³-hybridized carbons (Fsp3) is 0.588. The van der Waals surface area contributed by atoms with Gasteiger partial charge < -0.3 is 10.6 Å². The summed E-state index contributed by atoms with van der Waals surface area (Å²) in [6, 6.07) is 1.83. The molecule has 0 spiro atoms. The van der Waals surface area contributed by atoms with Gasteiger partial charge in [0.2, 0.25) is 5.91 Å². The summed E-state index contributed by atoms with van der Waals surface area (Å²) >= 11 is 0. The normalized spacial score (nSPS) is 15.1. The standard InChI is InChI=1S/C17H24F3N3O.ClH/c1-2-9-23(10-12-5-7-21-8-6-12)11-15(24)22-14-4-3-13(18)16(19)17(14)20;/h3-4,12,21H,2,5-11H2,1H3,(H,22,24);1H. The Bertz CT molecular complexity index is 568. The molecule has 1 heterocycles. The first-order valence-electron chi connectivity index (χ1n) is 8.37. The monoisotopic (exact) mass is 379 g/mol. The topological polar surface area (TPSA) is 44.4 Å². The predicted molar refractivity (Wildman–Crippen MR) is 94.5 cm³/mol. The van der Waals surface area contributed by atoms with Crippen LogP contribution in [0.2, 0.25) is 0 Å². The van der Waals surface area contributed by atoms with Crippen LogP contribution in [0.5, 0.6) is 0 Å². The smallest absolute Gasteiger partial charge is 0.238 e. The molecular weight excluding hydrogens is 355 g/mol. The van der Waals surface area contributed by atoms with Crippen molar-refractivity contribution in [3.8, 4) is 0 Å². The molecule has 0 bridgehead atoms. The molecule has 1 amide bonds. The van der Waals surface area contributed by atoms with Crippen molar-refractivity contribution in [3.05, 3.63) is 29.6 Å². The van der Waals surface area contributed by atoms with E-state index < -0.39 is 23.4 Å². The average Bonchev–Trinajstić information content (AvgIpc) is 2.56. The SMILES string of the molecule is CCCN(CC(=O)Nc1ccc(F)c(F)c1F)CC1CCNCC1.Cl. The Morgan fingerprint density at radius 3 is 2.56 bits per heavy atom. The van der Waals surface area contributed by atoms with E-state index in [4.69, 9.17) is 0 Å². The highest BCUT2D eigenvalue weighted by Crippen LogP contribution is 2.20. The number of hydrogen-bond acceptors (Lipinski definition) is 3. The molecule has 0 radical (unpaired) electrons. The van der Waals surface area contributed by atoms with Crippen molar-refractivity contribution in [1.29, 1.82) is 0 Å². The van der Waals surface area contributed by atoms with E-state index in [1.54, 1.807) is 0 Å². The lowest BCUT2D eigenvalue weighted by Crippen LogP contribution is -2.40. The van der Waals surface area contributed by atoms with Crippen LogP contribution in [-0.4, -0.2) is 43.5 Å². The number of nitrogens with zero attached hydrogens (tertiary/aromatic N) is 1. The molecule has 1 aromatic carbocycles. The summed E-state index contributed by atoms with van der Waals surface area (Å²) < 4.78 is 39.8. The van der Waals surface area contributed by atoms with Crippen LogP contribution >= 0.6 is 12.4 Å². The Morgan fingerprint density at radius 1 is 1.24 bits per heavy atom. The number of halogens is 4. The molecule has 1 aliphatic rings. The molecule has 1 fully saturated rings. The van der Waals surface area contributed by atoms with Crippen molar-refractivity contribution in [2.45, 2.75) is 26.2 Å². The molecule has 0 unspecified atom stereocenters. The lowest BCUT2D eigenvalue weighted by atomic mass is 9.97. The van der Waals surface area contributed by atoms with Crippen molar-refractivity contribution >= 4 is 24.0 Å². The van der Waals surface area contributed by atoms with Crippen molar-refractivity contribution in [2.75, 3.05) is 38.0 Å². The number of nitrogens with one attached hydrogen (secondary N) is 2. The van der Waals surface area contributed by atoms with Crippen LogP contribution in [0, 0.1) is 23.4 Å². The second-order valence-corrected chi connectivity index (χ2v) is 6.20. The van der Waals surface area contributed by atoms with Crippen LogP contribution in [-0.2, 0) is 4.79 Å². The van der Waals surface area contributed by atoms with E-state index in [2.05, 4.69) is 10.6 Å². The van der Waals surface area contributed by atoms with Gasteiger partial charge in [-0.05, 0) is 56.9 Å². The molecule has 1 aromatic rings. The van der Waals surface area contributed by atoms with Crippen LogP contribution in [0.1, 0.15) is 26.2 Å². The number of rotatable bonds is 7. The zero-order valence-corrected chi connectivity index (χ0v) is 15.1. The number of benzene rings is 1. The molecule has 2 rings (SSSR count). The van der Waals surface area contributed by atoms with E-state index in [9.17, 15) is 18.0 Å². The molecule has 8 heteroatoms. The third kappa shape index (κ3) is 6.49. The Labute approximate surface area is 152 Å². The van der Waals surface area contributed by atoms with Crippen molar-refractivity contribution in [2.24, 2.45) is 5.92 Å². The summed E-state index contributed by atoms with van der Waals surface area (Å²) in [5.74, 6) is -4.12. The zero-order valence-electron chi connectivity index (χ0n) is 14.3. The minimum absolute atomic E-state index is 0. The number of hydrogen-bond donors (Lipinski definition) is 2. The maximum atomic E-state index is 13.6. The molecule has 4 nitrogen and oxygen atoms in total. The van der Waals surface area contributed by atoms with Crippen LogP contribution in [0.25, 0.3) is 0 Å². The fourth-order valence-electron chi connectivity index (χ4n) is 3.00. The predicted octanol–water partition coefficient (Wildman–Crippen LogP) is 3.18. The van der Waals surface area contributed by atoms with Gasteiger partial charge in [0.1, 0.15) is 0 Å². The minimum atomic E-state index is -1.58. The van der Waals surface area contributed by atoms with E-state index >= 15 is 0 Å². The van der Waals surface area contributed by atoms with Gasteiger partial charge in [-0.3, -0.25) is 9.69 Å². The number of carbonyl (C=O) groups is 1. The van der Waals surface area contributed by atoms with E-state index in [-0.39, 0.29) is 24.6 Å². The van der Waals surface area contributed by atoms with Gasteiger partial charge in [-0.15, -0.1) is 12.4 Å². The largest absolute Gasteiger partial charge is 0.322 e. The van der Waals surface area contributed by atoms with Crippen LogP contribution in [0.4, 0.5) is 18.9 Å². The highest BCUT2D eigenvalue weighted by molar-refractivity contribution is 5.92. The quantitative estimate of drug-likeness (QED) is 0.715. The summed E-state index contributed by atoms with van der Waals surface area (Å²) in [6.45, 7) is 5.67. The summed E-state index contributed by atoms with van der Waals surface area (Å²) in [4.78, 5) is 14.2. The van der Waals surface area contributed by atoms with Gasteiger partial charge in [-0.1, -0.05) is 6.92 Å². The minimum Gasteiger partial charge on any atom is -0.322 e. The highest BCUT2D eigenvalue weighted by atomic mass is 35.5. The maximum absolute atomic E-state index is 13.6. The molecule has 0 aliphatic carbocycles. The third-order valence-electron chi connectivity index (χ3n) is 4.19. The van der Waals surface area contributed by atoms with Crippen molar-refractivity contribution in [3.63, 3.8) is 0 Å². The molecule has 142 valence electrons. The summed E-state index contributed by atoms with van der Waals surface area (Å²) in [6.07, 6.45) is 3.04. The number of piperidine rings is 1. The Morgan fingerprint density at radius 2 is 1.92 bits per heavy atom. The van der Waals surface area contributed by atoms with Gasteiger partial charge in [0.25, 0.3) is 0 Å². The van der Waals surface area contributed by atoms with Gasteiger partial charge >= 0.3 is 0 Å². The molecule has 2 N–H and O–H groups in total. The van der Waals surface area contributed by atoms with Crippen LogP contribution < -0.4 is 10.6 Å². The second-order valence-electron chi connectivity index (χ2n) is 6.20. The fourth-order valence-corrected chi connectivity index (χ4v) is 3.00. The Balaban J connectivity index is 0.00000312. The van der Waals surface area contributed by atoms with Gasteiger partial charge in [-0.2, -0.15) is 0 Å². The van der Waals surface area contributed by atoms with Gasteiger partial charge in [0.05, 0.1) is 12.2 Å². The summed E-state index contributed by atoms with van der Waals surface area (Å²) in [5.41, 5.74) is -0.336. The van der Waals surface area contributed by atoms with Gasteiger partial charge in [0.15, 0.2) is 17.5 Å². The zero-order chi connectivity index (χ0) is 17.5. The van der Waals surface area contributed by atoms with E-state index in [1.165, 1.54) is 0 Å². The molecule has 0 atom stereocenters. The third-order valence-corrected chi connectivity index (χ3v) is 4.19. The van der Waals surface area contributed by atoms with Crippen LogP contribution in [0.15, 0.2) is 12.1 Å². The van der Waals surface area contributed by atoms with Gasteiger partial charge in [-0.25, -0.2) is 13.2 Å². The van der Waals surface area contributed by atoms with Crippen LogP contribution in [0.3, 0.4) is 0 Å². The van der Waals surface area contributed by atoms with E-state index in [0.717, 1.165) is 57.6 Å². The number of amides is 1. The molecule has 1 aliphatic heterocycles. The van der Waals surface area contributed by atoms with Crippen molar-refractivity contribution < 1.29 is 18.0 Å². The Kier molecular flexibility index (Phi) is 9.24. The molecule has 1 saturated heterocycles. The highest BCUT2D eigenvalue weighted by Gasteiger charge is 2.20.